The minimum Gasteiger partial charge on any atom is -0.347 e. The fraction of sp³-hybridized carbons (Fsp3) is 0.333. The second kappa shape index (κ2) is 7.17. The number of fused-ring (bicyclic) bond motifs is 2. The van der Waals surface area contributed by atoms with Gasteiger partial charge in [0.2, 0.25) is 5.91 Å². The molecule has 1 aliphatic rings. The number of nitrogens with zero attached hydrogens (tertiary/aromatic N) is 2. The van der Waals surface area contributed by atoms with Crippen LogP contribution in [0.5, 0.6) is 0 Å². The average molecular weight is 404 g/mol. The molecule has 1 aliphatic carbocycles. The number of hydrogen-bond donors (Lipinski definition) is 1. The van der Waals surface area contributed by atoms with E-state index in [9.17, 15) is 13.6 Å². The minimum atomic E-state index is -0.959. The van der Waals surface area contributed by atoms with E-state index in [4.69, 9.17) is 11.6 Å². The number of amides is 1. The van der Waals surface area contributed by atoms with Gasteiger partial charge in [-0.15, -0.1) is 0 Å². The van der Waals surface area contributed by atoms with E-state index in [0.29, 0.717) is 16.1 Å². The van der Waals surface area contributed by atoms with Crippen molar-refractivity contribution in [2.75, 3.05) is 0 Å². The van der Waals surface area contributed by atoms with Crippen molar-refractivity contribution < 1.29 is 13.6 Å². The van der Waals surface area contributed by atoms with E-state index in [1.165, 1.54) is 6.33 Å². The number of aromatic nitrogens is 2. The van der Waals surface area contributed by atoms with E-state index in [1.54, 1.807) is 4.57 Å². The molecule has 3 aromatic rings. The number of carbonyl (C=O) groups excluding carboxylic acids is 1. The third kappa shape index (κ3) is 3.26. The minimum absolute atomic E-state index is 0.0726. The van der Waals surface area contributed by atoms with Crippen molar-refractivity contribution in [3.63, 3.8) is 0 Å². The van der Waals surface area contributed by atoms with Gasteiger partial charge in [-0.05, 0) is 42.0 Å². The molecule has 0 unspecified atom stereocenters. The number of benzene rings is 2. The maximum Gasteiger partial charge on any atom is 0.243 e. The molecule has 4 rings (SSSR count). The van der Waals surface area contributed by atoms with Crippen molar-refractivity contribution >= 4 is 28.5 Å². The number of aryl methyl sites for hydroxylation is 1. The summed E-state index contributed by atoms with van der Waals surface area (Å²) in [6.45, 7) is 3.83. The van der Waals surface area contributed by atoms with Crippen LogP contribution in [-0.2, 0) is 11.2 Å². The Kier molecular flexibility index (Phi) is 4.83. The van der Waals surface area contributed by atoms with Gasteiger partial charge in [0, 0.05) is 17.2 Å². The van der Waals surface area contributed by atoms with Gasteiger partial charge in [0.15, 0.2) is 11.6 Å². The van der Waals surface area contributed by atoms with Crippen molar-refractivity contribution in [2.24, 2.45) is 5.92 Å². The molecule has 1 aromatic heterocycles. The van der Waals surface area contributed by atoms with E-state index >= 15 is 0 Å². The van der Waals surface area contributed by atoms with Gasteiger partial charge in [0.05, 0.1) is 23.4 Å². The zero-order valence-corrected chi connectivity index (χ0v) is 16.3. The van der Waals surface area contributed by atoms with Crippen molar-refractivity contribution in [3.8, 4) is 0 Å². The molecule has 7 heteroatoms. The number of nitrogens with one attached hydrogen (secondary N) is 1. The maximum atomic E-state index is 13.8. The van der Waals surface area contributed by atoms with Crippen LogP contribution >= 0.6 is 11.6 Å². The van der Waals surface area contributed by atoms with Gasteiger partial charge < -0.3 is 9.88 Å². The van der Waals surface area contributed by atoms with Crippen LogP contribution in [0.2, 0.25) is 5.02 Å². The molecular weight excluding hydrogens is 384 g/mol. The number of rotatable bonds is 4. The first-order chi connectivity index (χ1) is 13.3. The number of imidazole rings is 1. The lowest BCUT2D eigenvalue weighted by Crippen LogP contribution is -2.37. The molecule has 2 atom stereocenters. The Balaban J connectivity index is 1.65. The summed E-state index contributed by atoms with van der Waals surface area (Å²) in [5, 5.41) is 3.80. The van der Waals surface area contributed by atoms with Crippen LogP contribution < -0.4 is 5.32 Å². The van der Waals surface area contributed by atoms with E-state index in [2.05, 4.69) is 10.3 Å². The molecule has 146 valence electrons. The predicted molar refractivity (Wildman–Crippen MR) is 104 cm³/mol. The fourth-order valence-corrected chi connectivity index (χ4v) is 4.18. The van der Waals surface area contributed by atoms with E-state index in [-0.39, 0.29) is 17.9 Å². The van der Waals surface area contributed by atoms with Crippen LogP contribution in [0, 0.1) is 17.6 Å². The molecule has 1 N–H and O–H groups in total. The largest absolute Gasteiger partial charge is 0.347 e. The highest BCUT2D eigenvalue weighted by Gasteiger charge is 2.30. The first-order valence-electron chi connectivity index (χ1n) is 9.25. The Bertz CT molecular complexity index is 1060. The van der Waals surface area contributed by atoms with Crippen LogP contribution in [0.4, 0.5) is 8.78 Å². The van der Waals surface area contributed by atoms with Gasteiger partial charge in [-0.1, -0.05) is 31.5 Å². The van der Waals surface area contributed by atoms with Crippen molar-refractivity contribution in [2.45, 2.75) is 38.8 Å². The lowest BCUT2D eigenvalue weighted by molar-refractivity contribution is -0.126. The van der Waals surface area contributed by atoms with E-state index in [1.807, 2.05) is 32.0 Å². The van der Waals surface area contributed by atoms with E-state index < -0.39 is 17.7 Å². The Hall–Kier alpha value is -2.47. The summed E-state index contributed by atoms with van der Waals surface area (Å²) >= 11 is 6.06. The normalized spacial score (nSPS) is 17.1. The third-order valence-corrected chi connectivity index (χ3v) is 5.55. The zero-order valence-electron chi connectivity index (χ0n) is 15.5. The average Bonchev–Trinajstić information content (AvgIpc) is 3.20. The highest BCUT2D eigenvalue weighted by atomic mass is 35.5. The molecule has 2 aromatic carbocycles. The second-order valence-corrected chi connectivity index (χ2v) is 7.98. The monoisotopic (exact) mass is 403 g/mol. The molecule has 1 heterocycles. The number of hydrogen-bond acceptors (Lipinski definition) is 2. The highest BCUT2D eigenvalue weighted by molar-refractivity contribution is 6.30. The summed E-state index contributed by atoms with van der Waals surface area (Å²) in [6.07, 6.45) is 3.12. The van der Waals surface area contributed by atoms with Crippen molar-refractivity contribution in [1.82, 2.24) is 14.9 Å². The Morgan fingerprint density at radius 1 is 1.25 bits per heavy atom. The summed E-state index contributed by atoms with van der Waals surface area (Å²) in [5.41, 5.74) is 2.93. The fourth-order valence-electron chi connectivity index (χ4n) is 3.99. The summed E-state index contributed by atoms with van der Waals surface area (Å²) in [4.78, 5) is 17.3. The maximum absolute atomic E-state index is 13.8. The van der Waals surface area contributed by atoms with Gasteiger partial charge in [0.1, 0.15) is 6.04 Å². The Morgan fingerprint density at radius 2 is 2.00 bits per heavy atom. The van der Waals surface area contributed by atoms with Crippen LogP contribution in [0.1, 0.15) is 43.5 Å². The van der Waals surface area contributed by atoms with E-state index in [0.717, 1.165) is 36.1 Å². The molecule has 28 heavy (non-hydrogen) atoms. The molecule has 0 saturated carbocycles. The van der Waals surface area contributed by atoms with Gasteiger partial charge in [-0.3, -0.25) is 4.79 Å². The summed E-state index contributed by atoms with van der Waals surface area (Å²) in [7, 11) is 0. The standard InChI is InChI=1S/C21H20ClF2N3O/c1-11(2)20(27-10-25-18-8-15(23)16(24)9-19(18)27)21(28)26-17-6-3-12-7-13(22)4-5-14(12)17/h4-5,7-11,17,20H,3,6H2,1-2H3,(H,26,28)/t17-,20-/m1/s1. The van der Waals surface area contributed by atoms with Crippen LogP contribution in [0.15, 0.2) is 36.7 Å². The SMILES string of the molecule is CC(C)[C@H](C(=O)N[C@@H]1CCc2cc(Cl)ccc21)n1cnc2cc(F)c(F)cc21. The highest BCUT2D eigenvalue weighted by Crippen LogP contribution is 2.34. The number of carbonyl (C=O) groups is 1. The topological polar surface area (TPSA) is 46.9 Å². The lowest BCUT2D eigenvalue weighted by atomic mass is 10.0. The molecule has 0 radical (unpaired) electrons. The molecular formula is C21H20ClF2N3O. The lowest BCUT2D eigenvalue weighted by Gasteiger charge is -2.25. The van der Waals surface area contributed by atoms with Crippen LogP contribution in [0.3, 0.4) is 0 Å². The van der Waals surface area contributed by atoms with Gasteiger partial charge in [-0.2, -0.15) is 0 Å². The quantitative estimate of drug-likeness (QED) is 0.668. The molecule has 1 amide bonds. The first-order valence-corrected chi connectivity index (χ1v) is 9.63. The predicted octanol–water partition coefficient (Wildman–Crippen LogP) is 4.97. The molecule has 0 aliphatic heterocycles. The van der Waals surface area contributed by atoms with Crippen molar-refractivity contribution in [3.05, 3.63) is 64.4 Å². The summed E-state index contributed by atoms with van der Waals surface area (Å²) < 4.78 is 28.9. The van der Waals surface area contributed by atoms with Gasteiger partial charge in [-0.25, -0.2) is 13.8 Å². The summed E-state index contributed by atoms with van der Waals surface area (Å²) in [6, 6.07) is 7.16. The molecule has 0 bridgehead atoms. The molecule has 0 saturated heterocycles. The second-order valence-electron chi connectivity index (χ2n) is 7.54. The van der Waals surface area contributed by atoms with Gasteiger partial charge in [0.25, 0.3) is 0 Å². The Morgan fingerprint density at radius 3 is 2.75 bits per heavy atom. The third-order valence-electron chi connectivity index (χ3n) is 5.32. The first kappa shape index (κ1) is 18.9. The van der Waals surface area contributed by atoms with Crippen LogP contribution in [0.25, 0.3) is 11.0 Å². The smallest absolute Gasteiger partial charge is 0.243 e. The molecule has 0 fully saturated rings. The van der Waals surface area contributed by atoms with Gasteiger partial charge >= 0.3 is 0 Å². The molecule has 0 spiro atoms. The number of halogens is 3. The van der Waals surface area contributed by atoms with Crippen LogP contribution in [-0.4, -0.2) is 15.5 Å². The van der Waals surface area contributed by atoms with Crippen molar-refractivity contribution in [1.29, 1.82) is 0 Å². The molecule has 4 nitrogen and oxygen atoms in total. The zero-order chi connectivity index (χ0) is 20.0. The summed E-state index contributed by atoms with van der Waals surface area (Å²) in [5.74, 6) is -2.16. The Labute approximate surface area is 166 Å².